The van der Waals surface area contributed by atoms with E-state index in [-0.39, 0.29) is 17.8 Å². The number of hydrogen-bond donors (Lipinski definition) is 2. The van der Waals surface area contributed by atoms with Gasteiger partial charge in [0, 0.05) is 5.69 Å². The molecule has 2 aromatic rings. The van der Waals surface area contributed by atoms with Gasteiger partial charge in [0.25, 0.3) is 0 Å². The summed E-state index contributed by atoms with van der Waals surface area (Å²) >= 11 is 0. The number of anilines is 1. The van der Waals surface area contributed by atoms with Crippen LogP contribution >= 0.6 is 0 Å². The Kier molecular flexibility index (Phi) is 5.74. The van der Waals surface area contributed by atoms with Crippen LogP contribution in [0.15, 0.2) is 48.5 Å². The number of sulfonamides is 1. The molecule has 5 nitrogen and oxygen atoms in total. The topological polar surface area (TPSA) is 75.3 Å². The first-order valence-corrected chi connectivity index (χ1v) is 11.2. The Labute approximate surface area is 165 Å². The third-order valence-electron chi connectivity index (χ3n) is 5.31. The fourth-order valence-corrected chi connectivity index (χ4v) is 4.47. The zero-order chi connectivity index (χ0) is 20.4. The van der Waals surface area contributed by atoms with E-state index in [9.17, 15) is 17.6 Å². The van der Waals surface area contributed by atoms with Gasteiger partial charge in [-0.2, -0.15) is 0 Å². The van der Waals surface area contributed by atoms with Crippen LogP contribution < -0.4 is 10.0 Å². The Balaban J connectivity index is 1.82. The maximum Gasteiger partial charge on any atom is 0.231 e. The third kappa shape index (κ3) is 4.52. The Morgan fingerprint density at radius 1 is 1.11 bits per heavy atom. The second-order valence-corrected chi connectivity index (χ2v) is 9.24. The maximum atomic E-state index is 13.8. The van der Waals surface area contributed by atoms with Crippen molar-refractivity contribution in [2.24, 2.45) is 0 Å². The smallest absolute Gasteiger partial charge is 0.231 e. The van der Waals surface area contributed by atoms with Crippen molar-refractivity contribution in [3.63, 3.8) is 0 Å². The zero-order valence-electron chi connectivity index (χ0n) is 16.0. The molecule has 0 saturated heterocycles. The average Bonchev–Trinajstić information content (AvgIpc) is 3.11. The highest BCUT2D eigenvalue weighted by Crippen LogP contribution is 2.42. The van der Waals surface area contributed by atoms with Crippen LogP contribution in [-0.2, 0) is 20.2 Å². The number of halogens is 1. The number of benzene rings is 2. The van der Waals surface area contributed by atoms with Gasteiger partial charge in [0.05, 0.1) is 17.7 Å². The standard InChI is InChI=1S/C21H25FN2O3S/c1-15(16-7-5-10-19(13-16)24-28(2,26)27)23-20(25)21(11-3-4-12-21)17-8-6-9-18(22)14-17/h5-10,13-15,24H,3-4,11-12H2,1-2H3,(H,23,25). The minimum Gasteiger partial charge on any atom is -0.349 e. The Hall–Kier alpha value is -2.41. The van der Waals surface area contributed by atoms with Crippen LogP contribution in [0.2, 0.25) is 0 Å². The van der Waals surface area contributed by atoms with Gasteiger partial charge in [0.1, 0.15) is 5.82 Å². The summed E-state index contributed by atoms with van der Waals surface area (Å²) in [6.07, 6.45) is 4.31. The van der Waals surface area contributed by atoms with Crippen LogP contribution in [-0.4, -0.2) is 20.6 Å². The molecule has 1 amide bonds. The first-order valence-electron chi connectivity index (χ1n) is 9.34. The quantitative estimate of drug-likeness (QED) is 0.767. The molecule has 0 aliphatic heterocycles. The molecule has 1 saturated carbocycles. The molecule has 0 heterocycles. The number of carbonyl (C=O) groups excluding carboxylic acids is 1. The highest BCUT2D eigenvalue weighted by Gasteiger charge is 2.43. The predicted molar refractivity (Wildman–Crippen MR) is 108 cm³/mol. The molecule has 2 aromatic carbocycles. The van der Waals surface area contributed by atoms with Crippen molar-refractivity contribution < 1.29 is 17.6 Å². The molecule has 1 atom stereocenters. The minimum absolute atomic E-state index is 0.121. The van der Waals surface area contributed by atoms with Gasteiger partial charge in [0.2, 0.25) is 15.9 Å². The van der Waals surface area contributed by atoms with Crippen molar-refractivity contribution in [3.8, 4) is 0 Å². The Bertz CT molecular complexity index is 969. The maximum absolute atomic E-state index is 13.8. The second-order valence-electron chi connectivity index (χ2n) is 7.49. The van der Waals surface area contributed by atoms with Crippen LogP contribution in [0.1, 0.15) is 49.8 Å². The van der Waals surface area contributed by atoms with E-state index in [1.54, 1.807) is 24.3 Å². The molecular weight excluding hydrogens is 379 g/mol. The van der Waals surface area contributed by atoms with E-state index in [2.05, 4.69) is 10.0 Å². The first kappa shape index (κ1) is 20.3. The SMILES string of the molecule is CC(NC(=O)C1(c2cccc(F)c2)CCCC1)c1cccc(NS(C)(=O)=O)c1. The van der Waals surface area contributed by atoms with Crippen molar-refractivity contribution in [1.29, 1.82) is 0 Å². The molecule has 28 heavy (non-hydrogen) atoms. The van der Waals surface area contributed by atoms with Crippen LogP contribution in [0.3, 0.4) is 0 Å². The summed E-state index contributed by atoms with van der Waals surface area (Å²) in [5, 5.41) is 3.05. The van der Waals surface area contributed by atoms with E-state index in [0.717, 1.165) is 24.7 Å². The molecule has 1 aliphatic rings. The number of rotatable bonds is 6. The first-order chi connectivity index (χ1) is 13.2. The molecule has 7 heteroatoms. The van der Waals surface area contributed by atoms with E-state index in [4.69, 9.17) is 0 Å². The molecule has 0 radical (unpaired) electrons. The number of amides is 1. The van der Waals surface area contributed by atoms with Crippen molar-refractivity contribution in [2.75, 3.05) is 11.0 Å². The van der Waals surface area contributed by atoms with Crippen LogP contribution in [0.25, 0.3) is 0 Å². The summed E-state index contributed by atoms with van der Waals surface area (Å²) < 4.78 is 39.1. The third-order valence-corrected chi connectivity index (χ3v) is 5.91. The molecule has 2 N–H and O–H groups in total. The van der Waals surface area contributed by atoms with E-state index >= 15 is 0 Å². The van der Waals surface area contributed by atoms with Crippen LogP contribution in [0, 0.1) is 5.82 Å². The lowest BCUT2D eigenvalue weighted by atomic mass is 9.77. The van der Waals surface area contributed by atoms with Crippen LogP contribution in [0.5, 0.6) is 0 Å². The van der Waals surface area contributed by atoms with E-state index in [1.165, 1.54) is 12.1 Å². The number of nitrogens with one attached hydrogen (secondary N) is 2. The van der Waals surface area contributed by atoms with Gasteiger partial charge < -0.3 is 5.32 Å². The molecule has 0 spiro atoms. The van der Waals surface area contributed by atoms with Crippen LogP contribution in [0.4, 0.5) is 10.1 Å². The average molecular weight is 405 g/mol. The monoisotopic (exact) mass is 404 g/mol. The Morgan fingerprint density at radius 2 is 1.79 bits per heavy atom. The van der Waals surface area contributed by atoms with Crippen molar-refractivity contribution >= 4 is 21.6 Å². The molecule has 0 aromatic heterocycles. The summed E-state index contributed by atoms with van der Waals surface area (Å²) in [5.74, 6) is -0.464. The molecule has 1 unspecified atom stereocenters. The molecule has 3 rings (SSSR count). The Morgan fingerprint density at radius 3 is 2.43 bits per heavy atom. The van der Waals surface area contributed by atoms with Gasteiger partial charge in [-0.3, -0.25) is 9.52 Å². The van der Waals surface area contributed by atoms with Gasteiger partial charge in [-0.15, -0.1) is 0 Å². The van der Waals surface area contributed by atoms with Gasteiger partial charge in [-0.1, -0.05) is 37.1 Å². The van der Waals surface area contributed by atoms with Gasteiger partial charge in [-0.25, -0.2) is 12.8 Å². The summed E-state index contributed by atoms with van der Waals surface area (Å²) in [5.41, 5.74) is 1.22. The lowest BCUT2D eigenvalue weighted by Gasteiger charge is -2.30. The largest absolute Gasteiger partial charge is 0.349 e. The van der Waals surface area contributed by atoms with E-state index in [0.29, 0.717) is 24.1 Å². The predicted octanol–water partition coefficient (Wildman–Crippen LogP) is 3.89. The fourth-order valence-electron chi connectivity index (χ4n) is 3.92. The summed E-state index contributed by atoms with van der Waals surface area (Å²) in [4.78, 5) is 13.2. The van der Waals surface area contributed by atoms with Crippen molar-refractivity contribution in [1.82, 2.24) is 5.32 Å². The molecule has 1 fully saturated rings. The molecule has 150 valence electrons. The van der Waals surface area contributed by atoms with Gasteiger partial charge in [-0.05, 0) is 55.2 Å². The minimum atomic E-state index is -3.38. The summed E-state index contributed by atoms with van der Waals surface area (Å²) in [6, 6.07) is 12.9. The van der Waals surface area contributed by atoms with Crippen molar-refractivity contribution in [2.45, 2.75) is 44.1 Å². The van der Waals surface area contributed by atoms with Gasteiger partial charge in [0.15, 0.2) is 0 Å². The zero-order valence-corrected chi connectivity index (χ0v) is 16.9. The van der Waals surface area contributed by atoms with E-state index < -0.39 is 15.4 Å². The lowest BCUT2D eigenvalue weighted by molar-refractivity contribution is -0.127. The highest BCUT2D eigenvalue weighted by atomic mass is 32.2. The summed E-state index contributed by atoms with van der Waals surface area (Å²) in [7, 11) is -3.38. The van der Waals surface area contributed by atoms with Gasteiger partial charge >= 0.3 is 0 Å². The second kappa shape index (κ2) is 7.91. The molecule has 0 bridgehead atoms. The fraction of sp³-hybridized carbons (Fsp3) is 0.381. The van der Waals surface area contributed by atoms with Crippen molar-refractivity contribution in [3.05, 3.63) is 65.5 Å². The number of hydrogen-bond acceptors (Lipinski definition) is 3. The normalized spacial score (nSPS) is 17.1. The highest BCUT2D eigenvalue weighted by molar-refractivity contribution is 7.92. The summed E-state index contributed by atoms with van der Waals surface area (Å²) in [6.45, 7) is 1.85. The van der Waals surface area contributed by atoms with E-state index in [1.807, 2.05) is 19.1 Å². The molecular formula is C21H25FN2O3S. The lowest BCUT2D eigenvalue weighted by Crippen LogP contribution is -2.43. The number of carbonyl (C=O) groups is 1. The molecule has 1 aliphatic carbocycles.